The van der Waals surface area contributed by atoms with Crippen LogP contribution in [0.2, 0.25) is 0 Å². The maximum atomic E-state index is 4.41. The molecule has 0 radical (unpaired) electrons. The molecule has 0 fully saturated rings. The van der Waals surface area contributed by atoms with E-state index in [0.29, 0.717) is 6.04 Å². The van der Waals surface area contributed by atoms with Crippen LogP contribution in [0.15, 0.2) is 23.3 Å². The molecule has 1 heterocycles. The Morgan fingerprint density at radius 1 is 1.53 bits per heavy atom. The van der Waals surface area contributed by atoms with Gasteiger partial charge in [0.25, 0.3) is 0 Å². The number of nitrogens with one attached hydrogen (secondary N) is 1. The zero-order valence-electron chi connectivity index (χ0n) is 10.7. The van der Waals surface area contributed by atoms with Crippen LogP contribution >= 0.6 is 15.9 Å². The van der Waals surface area contributed by atoms with Crippen molar-refractivity contribution in [1.82, 2.24) is 15.1 Å². The Morgan fingerprint density at radius 3 is 2.88 bits per heavy atom. The predicted octanol–water partition coefficient (Wildman–Crippen LogP) is 3.67. The molecule has 1 atom stereocenters. The quantitative estimate of drug-likeness (QED) is 0.742. The lowest BCUT2D eigenvalue weighted by molar-refractivity contribution is 0.472. The van der Waals surface area contributed by atoms with Crippen molar-refractivity contribution in [3.8, 4) is 0 Å². The highest BCUT2D eigenvalue weighted by atomic mass is 79.9. The number of rotatable bonds is 8. The van der Waals surface area contributed by atoms with Crippen LogP contribution < -0.4 is 5.32 Å². The number of nitrogens with zero attached hydrogens (tertiary/aromatic N) is 2. The second-order valence-corrected chi connectivity index (χ2v) is 4.99. The zero-order chi connectivity index (χ0) is 12.7. The summed E-state index contributed by atoms with van der Waals surface area (Å²) in [5.74, 6) is 0. The first-order valence-corrected chi connectivity index (χ1v) is 7.09. The second-order valence-electron chi connectivity index (χ2n) is 4.13. The van der Waals surface area contributed by atoms with E-state index in [1.807, 2.05) is 12.3 Å². The van der Waals surface area contributed by atoms with Gasteiger partial charge in [-0.05, 0) is 41.7 Å². The van der Waals surface area contributed by atoms with Gasteiger partial charge in [-0.15, -0.1) is 6.58 Å². The van der Waals surface area contributed by atoms with Crippen LogP contribution in [0, 0.1) is 0 Å². The molecule has 17 heavy (non-hydrogen) atoms. The van der Waals surface area contributed by atoms with Gasteiger partial charge in [0.15, 0.2) is 0 Å². The second kappa shape index (κ2) is 7.67. The van der Waals surface area contributed by atoms with Crippen LogP contribution in [0.25, 0.3) is 0 Å². The molecule has 0 saturated heterocycles. The van der Waals surface area contributed by atoms with Crippen LogP contribution in [-0.2, 0) is 6.54 Å². The molecule has 0 spiro atoms. The van der Waals surface area contributed by atoms with Crippen molar-refractivity contribution in [3.05, 3.63) is 29.0 Å². The number of aromatic nitrogens is 2. The third-order valence-corrected chi connectivity index (χ3v) is 3.25. The van der Waals surface area contributed by atoms with E-state index in [-0.39, 0.29) is 0 Å². The van der Waals surface area contributed by atoms with Crippen molar-refractivity contribution in [2.45, 2.75) is 45.7 Å². The van der Waals surface area contributed by atoms with Crippen molar-refractivity contribution in [2.75, 3.05) is 6.54 Å². The Kier molecular flexibility index (Phi) is 6.52. The van der Waals surface area contributed by atoms with Crippen LogP contribution in [0.5, 0.6) is 0 Å². The molecule has 4 heteroatoms. The summed E-state index contributed by atoms with van der Waals surface area (Å²) in [5.41, 5.74) is 1.24. The third kappa shape index (κ3) is 3.96. The molecule has 1 aromatic heterocycles. The Hall–Kier alpha value is -0.610. The summed E-state index contributed by atoms with van der Waals surface area (Å²) < 4.78 is 3.17. The van der Waals surface area contributed by atoms with Crippen LogP contribution in [0.1, 0.15) is 44.8 Å². The summed E-state index contributed by atoms with van der Waals surface area (Å²) in [7, 11) is 0. The summed E-state index contributed by atoms with van der Waals surface area (Å²) in [4.78, 5) is 0. The minimum Gasteiger partial charge on any atom is -0.308 e. The summed E-state index contributed by atoms with van der Waals surface area (Å²) in [6.07, 6.45) is 6.99. The maximum absolute atomic E-state index is 4.41. The van der Waals surface area contributed by atoms with Gasteiger partial charge < -0.3 is 5.32 Å². The summed E-state index contributed by atoms with van der Waals surface area (Å²) in [5, 5.41) is 7.96. The van der Waals surface area contributed by atoms with E-state index in [2.05, 4.69) is 51.5 Å². The van der Waals surface area contributed by atoms with Crippen LogP contribution in [-0.4, -0.2) is 16.3 Å². The molecule has 0 amide bonds. The van der Waals surface area contributed by atoms with Gasteiger partial charge in [-0.2, -0.15) is 5.10 Å². The summed E-state index contributed by atoms with van der Waals surface area (Å²) in [6.45, 7) is 10.2. The van der Waals surface area contributed by atoms with E-state index in [0.717, 1.165) is 36.8 Å². The standard InChI is InChI=1S/C13H22BrN3/c1-4-7-12(15-8-5-2)13-11(14)10-16-17(13)9-6-3/h4,10,12,15H,1,5-9H2,2-3H3. The highest BCUT2D eigenvalue weighted by Gasteiger charge is 2.17. The van der Waals surface area contributed by atoms with E-state index in [1.54, 1.807) is 0 Å². The summed E-state index contributed by atoms with van der Waals surface area (Å²) in [6, 6.07) is 0.302. The van der Waals surface area contributed by atoms with Crippen molar-refractivity contribution < 1.29 is 0 Å². The average molecular weight is 300 g/mol. The number of aryl methyl sites for hydroxylation is 1. The molecule has 0 aliphatic rings. The molecule has 0 bridgehead atoms. The molecular weight excluding hydrogens is 278 g/mol. The van der Waals surface area contributed by atoms with Gasteiger partial charge in [-0.1, -0.05) is 19.9 Å². The topological polar surface area (TPSA) is 29.9 Å². The molecule has 0 aliphatic carbocycles. The van der Waals surface area contributed by atoms with Gasteiger partial charge in [0.2, 0.25) is 0 Å². The molecule has 3 nitrogen and oxygen atoms in total. The van der Waals surface area contributed by atoms with Gasteiger partial charge in [-0.25, -0.2) is 0 Å². The highest BCUT2D eigenvalue weighted by molar-refractivity contribution is 9.10. The largest absolute Gasteiger partial charge is 0.308 e. The fourth-order valence-electron chi connectivity index (χ4n) is 1.89. The van der Waals surface area contributed by atoms with E-state index >= 15 is 0 Å². The molecule has 1 unspecified atom stereocenters. The highest BCUT2D eigenvalue weighted by Crippen LogP contribution is 2.26. The number of hydrogen-bond donors (Lipinski definition) is 1. The van der Waals surface area contributed by atoms with Gasteiger partial charge in [0.1, 0.15) is 0 Å². The number of hydrogen-bond acceptors (Lipinski definition) is 2. The smallest absolute Gasteiger partial charge is 0.0698 e. The van der Waals surface area contributed by atoms with Gasteiger partial charge in [0.05, 0.1) is 22.4 Å². The Morgan fingerprint density at radius 2 is 2.29 bits per heavy atom. The SMILES string of the molecule is C=CCC(NCCC)c1c(Br)cnn1CCC. The molecule has 0 aliphatic heterocycles. The lowest BCUT2D eigenvalue weighted by atomic mass is 10.1. The minimum atomic E-state index is 0.302. The molecule has 1 N–H and O–H groups in total. The molecule has 1 rings (SSSR count). The van der Waals surface area contributed by atoms with E-state index in [1.165, 1.54) is 5.69 Å². The first-order chi connectivity index (χ1) is 8.24. The lowest BCUT2D eigenvalue weighted by Gasteiger charge is -2.19. The maximum Gasteiger partial charge on any atom is 0.0698 e. The lowest BCUT2D eigenvalue weighted by Crippen LogP contribution is -2.25. The van der Waals surface area contributed by atoms with E-state index < -0.39 is 0 Å². The number of halogens is 1. The van der Waals surface area contributed by atoms with Crippen molar-refractivity contribution in [3.63, 3.8) is 0 Å². The molecule has 0 aromatic carbocycles. The minimum absolute atomic E-state index is 0.302. The molecule has 1 aromatic rings. The average Bonchev–Trinajstić information content (AvgIpc) is 2.67. The fourth-order valence-corrected chi connectivity index (χ4v) is 2.46. The first-order valence-electron chi connectivity index (χ1n) is 6.30. The Labute approximate surface area is 112 Å². The van der Waals surface area contributed by atoms with Crippen LogP contribution in [0.4, 0.5) is 0 Å². The van der Waals surface area contributed by atoms with Gasteiger partial charge in [-0.3, -0.25) is 4.68 Å². The predicted molar refractivity (Wildman–Crippen MR) is 76.1 cm³/mol. The van der Waals surface area contributed by atoms with Crippen molar-refractivity contribution in [2.24, 2.45) is 0 Å². The Balaban J connectivity index is 2.90. The van der Waals surface area contributed by atoms with E-state index in [9.17, 15) is 0 Å². The first kappa shape index (κ1) is 14.5. The van der Waals surface area contributed by atoms with E-state index in [4.69, 9.17) is 0 Å². The fraction of sp³-hybridized carbons (Fsp3) is 0.615. The van der Waals surface area contributed by atoms with Crippen molar-refractivity contribution in [1.29, 1.82) is 0 Å². The molecule has 0 saturated carbocycles. The zero-order valence-corrected chi connectivity index (χ0v) is 12.3. The Bertz CT molecular complexity index is 346. The van der Waals surface area contributed by atoms with Gasteiger partial charge >= 0.3 is 0 Å². The van der Waals surface area contributed by atoms with Crippen molar-refractivity contribution >= 4 is 15.9 Å². The summed E-state index contributed by atoms with van der Waals surface area (Å²) >= 11 is 3.59. The normalized spacial score (nSPS) is 12.6. The van der Waals surface area contributed by atoms with Crippen LogP contribution in [0.3, 0.4) is 0 Å². The molecular formula is C13H22BrN3. The third-order valence-electron chi connectivity index (χ3n) is 2.64. The van der Waals surface area contributed by atoms with Gasteiger partial charge in [0, 0.05) is 6.54 Å². The molecule has 96 valence electrons. The monoisotopic (exact) mass is 299 g/mol.